The number of unbranched alkanes of at least 4 members (excludes halogenated alkanes) is 1. The molecule has 0 saturated carbocycles. The van der Waals surface area contributed by atoms with Crippen molar-refractivity contribution in [2.24, 2.45) is 5.92 Å². The van der Waals surface area contributed by atoms with Gasteiger partial charge in [0, 0.05) is 26.4 Å². The van der Waals surface area contributed by atoms with Crippen molar-refractivity contribution in [2.45, 2.75) is 71.7 Å². The smallest absolute Gasteiger partial charge is 0.309 e. The summed E-state index contributed by atoms with van der Waals surface area (Å²) in [4.78, 5) is 25.2. The van der Waals surface area contributed by atoms with Crippen LogP contribution in [-0.4, -0.2) is 44.0 Å². The van der Waals surface area contributed by atoms with Crippen molar-refractivity contribution in [3.05, 3.63) is 0 Å². The molecule has 1 aliphatic heterocycles. The fourth-order valence-electron chi connectivity index (χ4n) is 2.59. The predicted octanol–water partition coefficient (Wildman–Crippen LogP) is 3.23. The number of carbonyl (C=O) groups excluding carboxylic acids is 2. The Morgan fingerprint density at radius 1 is 1.26 bits per heavy atom. The number of carbonyl (C=O) groups is 2. The fraction of sp³-hybridized carbons (Fsp3) is 0.778. The number of nitrogens with zero attached hydrogens (tertiary/aromatic N) is 1. The quantitative estimate of drug-likeness (QED) is 0.335. The molecule has 0 aromatic heterocycles. The number of rotatable bonds is 5. The van der Waals surface area contributed by atoms with E-state index in [1.54, 1.807) is 11.8 Å². The lowest BCUT2D eigenvalue weighted by atomic mass is 9.97. The molecule has 1 atom stereocenters. The normalized spacial score (nSPS) is 17.2. The Morgan fingerprint density at radius 2 is 1.87 bits per heavy atom. The lowest BCUT2D eigenvalue weighted by Crippen LogP contribution is -2.39. The first-order valence-electron chi connectivity index (χ1n) is 8.65. The summed E-state index contributed by atoms with van der Waals surface area (Å²) in [5, 5.41) is 0. The molecule has 0 radical (unpaired) electrons. The van der Waals surface area contributed by atoms with Gasteiger partial charge in [-0.3, -0.25) is 9.59 Å². The molecule has 130 valence electrons. The average molecular weight is 338 g/mol. The lowest BCUT2D eigenvalue weighted by molar-refractivity contribution is -0.156. The van der Waals surface area contributed by atoms with Gasteiger partial charge in [-0.05, 0) is 32.6 Å². The monoisotopic (exact) mass is 337 g/mol. The van der Waals surface area contributed by atoms with Gasteiger partial charge in [-0.15, -0.1) is 11.5 Å². The van der Waals surface area contributed by atoms with Crippen LogP contribution in [0.25, 0.3) is 0 Å². The number of hydrogen-bond donors (Lipinski definition) is 0. The van der Waals surface area contributed by atoms with E-state index in [2.05, 4.69) is 31.1 Å². The standard InChI is InChI=1S/C18H31NO3Si/c1-15(9-7-6-8-14-23(3,4)5)22-18(21)17-10-12-19(13-11-17)16(2)20/h15,17H,6-7,9-13H2,1-5H3/t15-/m0/s1. The van der Waals surface area contributed by atoms with Gasteiger partial charge in [0.25, 0.3) is 0 Å². The minimum Gasteiger partial charge on any atom is -0.462 e. The first-order valence-corrected chi connectivity index (χ1v) is 12.1. The number of amides is 1. The van der Waals surface area contributed by atoms with Crippen molar-refractivity contribution < 1.29 is 14.3 Å². The summed E-state index contributed by atoms with van der Waals surface area (Å²) in [6.07, 6.45) is 4.08. The van der Waals surface area contributed by atoms with Crippen LogP contribution < -0.4 is 0 Å². The summed E-state index contributed by atoms with van der Waals surface area (Å²) in [6, 6.07) is 0. The van der Waals surface area contributed by atoms with Crippen LogP contribution in [-0.2, 0) is 14.3 Å². The molecule has 4 nitrogen and oxygen atoms in total. The number of ether oxygens (including phenoxy) is 1. The minimum absolute atomic E-state index is 0.0537. The van der Waals surface area contributed by atoms with Gasteiger partial charge < -0.3 is 9.64 Å². The van der Waals surface area contributed by atoms with Crippen molar-refractivity contribution in [3.8, 4) is 11.5 Å². The summed E-state index contributed by atoms with van der Waals surface area (Å²) in [7, 11) is -1.27. The van der Waals surface area contributed by atoms with Crippen LogP contribution in [0.4, 0.5) is 0 Å². The summed E-state index contributed by atoms with van der Waals surface area (Å²) in [5.41, 5.74) is 3.35. The topological polar surface area (TPSA) is 46.6 Å². The Hall–Kier alpha value is -1.28. The maximum atomic E-state index is 12.2. The zero-order chi connectivity index (χ0) is 17.5. The van der Waals surface area contributed by atoms with Crippen molar-refractivity contribution in [3.63, 3.8) is 0 Å². The van der Waals surface area contributed by atoms with Gasteiger partial charge in [-0.2, -0.15) is 0 Å². The largest absolute Gasteiger partial charge is 0.462 e. The molecular weight excluding hydrogens is 306 g/mol. The third kappa shape index (κ3) is 8.22. The Kier molecular flexibility index (Phi) is 7.84. The molecule has 23 heavy (non-hydrogen) atoms. The van der Waals surface area contributed by atoms with Gasteiger partial charge in [0.05, 0.1) is 12.0 Å². The van der Waals surface area contributed by atoms with E-state index in [4.69, 9.17) is 4.74 Å². The molecule has 1 aliphatic rings. The SMILES string of the molecule is CC(=O)N1CCC(C(=O)O[C@@H](C)CCCC#C[Si](C)(C)C)CC1. The molecule has 1 heterocycles. The van der Waals surface area contributed by atoms with Crippen molar-refractivity contribution >= 4 is 20.0 Å². The highest BCUT2D eigenvalue weighted by molar-refractivity contribution is 6.83. The predicted molar refractivity (Wildman–Crippen MR) is 95.5 cm³/mol. The number of piperidine rings is 1. The molecule has 0 unspecified atom stereocenters. The second kappa shape index (κ2) is 9.12. The number of hydrogen-bond acceptors (Lipinski definition) is 3. The van der Waals surface area contributed by atoms with E-state index < -0.39 is 8.07 Å². The first-order chi connectivity index (χ1) is 10.7. The average Bonchev–Trinajstić information content (AvgIpc) is 2.45. The zero-order valence-corrected chi connectivity index (χ0v) is 16.3. The molecule has 0 aromatic carbocycles. The second-order valence-corrected chi connectivity index (χ2v) is 12.2. The Morgan fingerprint density at radius 3 is 2.39 bits per heavy atom. The Balaban J connectivity index is 2.24. The van der Waals surface area contributed by atoms with Gasteiger partial charge in [-0.25, -0.2) is 0 Å². The van der Waals surface area contributed by atoms with E-state index >= 15 is 0 Å². The van der Waals surface area contributed by atoms with Crippen LogP contribution in [0.5, 0.6) is 0 Å². The molecule has 1 amide bonds. The molecule has 1 saturated heterocycles. The second-order valence-electron chi connectivity index (χ2n) is 7.47. The van der Waals surface area contributed by atoms with Crippen LogP contribution in [0.1, 0.15) is 46.0 Å². The van der Waals surface area contributed by atoms with Gasteiger partial charge in [0.2, 0.25) is 5.91 Å². The zero-order valence-electron chi connectivity index (χ0n) is 15.3. The Bertz CT molecular complexity index is 465. The van der Waals surface area contributed by atoms with Crippen LogP contribution >= 0.6 is 0 Å². The highest BCUT2D eigenvalue weighted by Gasteiger charge is 2.27. The van der Waals surface area contributed by atoms with Gasteiger partial charge in [0.15, 0.2) is 0 Å². The lowest BCUT2D eigenvalue weighted by Gasteiger charge is -2.30. The molecule has 0 bridgehead atoms. The Labute approximate surface area is 142 Å². The first kappa shape index (κ1) is 19.8. The van der Waals surface area contributed by atoms with Crippen LogP contribution in [0, 0.1) is 17.4 Å². The summed E-state index contributed by atoms with van der Waals surface area (Å²) in [6.45, 7) is 11.6. The van der Waals surface area contributed by atoms with E-state index in [1.807, 2.05) is 6.92 Å². The summed E-state index contributed by atoms with van der Waals surface area (Å²) >= 11 is 0. The van der Waals surface area contributed by atoms with E-state index in [1.165, 1.54) is 0 Å². The van der Waals surface area contributed by atoms with Crippen molar-refractivity contribution in [1.82, 2.24) is 4.90 Å². The van der Waals surface area contributed by atoms with Gasteiger partial charge in [-0.1, -0.05) is 19.6 Å². The highest BCUT2D eigenvalue weighted by atomic mass is 28.3. The highest BCUT2D eigenvalue weighted by Crippen LogP contribution is 2.20. The minimum atomic E-state index is -1.27. The third-order valence-corrected chi connectivity index (χ3v) is 4.89. The number of likely N-dealkylation sites (tertiary alicyclic amines) is 1. The van der Waals surface area contributed by atoms with Gasteiger partial charge >= 0.3 is 5.97 Å². The van der Waals surface area contributed by atoms with E-state index in [9.17, 15) is 9.59 Å². The summed E-state index contributed by atoms with van der Waals surface area (Å²) in [5.74, 6) is 3.18. The maximum Gasteiger partial charge on any atom is 0.309 e. The molecule has 0 aliphatic carbocycles. The molecule has 1 fully saturated rings. The van der Waals surface area contributed by atoms with Crippen LogP contribution in [0.3, 0.4) is 0 Å². The molecule has 5 heteroatoms. The summed E-state index contributed by atoms with van der Waals surface area (Å²) < 4.78 is 5.55. The van der Waals surface area contributed by atoms with Crippen LogP contribution in [0.15, 0.2) is 0 Å². The molecule has 1 rings (SSSR count). The maximum absolute atomic E-state index is 12.2. The van der Waals surface area contributed by atoms with Crippen molar-refractivity contribution in [2.75, 3.05) is 13.1 Å². The molecule has 0 spiro atoms. The van der Waals surface area contributed by atoms with E-state index in [0.717, 1.165) is 19.3 Å². The van der Waals surface area contributed by atoms with E-state index in [0.29, 0.717) is 25.9 Å². The van der Waals surface area contributed by atoms with Gasteiger partial charge in [0.1, 0.15) is 8.07 Å². The van der Waals surface area contributed by atoms with E-state index in [-0.39, 0.29) is 23.9 Å². The molecule has 0 aromatic rings. The van der Waals surface area contributed by atoms with Crippen LogP contribution in [0.2, 0.25) is 19.6 Å². The molecular formula is C18H31NO3Si. The third-order valence-electron chi connectivity index (χ3n) is 3.97. The number of esters is 1. The molecule has 0 N–H and O–H groups in total. The van der Waals surface area contributed by atoms with Crippen molar-refractivity contribution in [1.29, 1.82) is 0 Å². The fourth-order valence-corrected chi connectivity index (χ4v) is 3.24.